The number of aryl methyl sites for hydroxylation is 1. The summed E-state index contributed by atoms with van der Waals surface area (Å²) in [5.41, 5.74) is 1.37. The van der Waals surface area contributed by atoms with Gasteiger partial charge < -0.3 is 10.1 Å². The molecule has 4 rings (SSSR count). The third-order valence-electron chi connectivity index (χ3n) is 6.91. The van der Waals surface area contributed by atoms with Crippen molar-refractivity contribution in [2.24, 2.45) is 29.6 Å². The Labute approximate surface area is 186 Å². The van der Waals surface area contributed by atoms with Gasteiger partial charge in [0.1, 0.15) is 6.04 Å². The maximum Gasteiger partial charge on any atom is 0.330 e. The fourth-order valence-corrected chi connectivity index (χ4v) is 5.65. The number of benzene rings is 1. The SMILES string of the molecule is Cc1ccc(NC(=O)COC(=O)[C@H](C(C)C)N2C(=O)[C@@H]3[C@H]4CC[C@@H](C4)[C@H]3C2=O)cc1Cl. The number of carbonyl (C=O) groups excluding carboxylic acids is 4. The lowest BCUT2D eigenvalue weighted by molar-refractivity contribution is -0.162. The molecule has 1 saturated heterocycles. The van der Waals surface area contributed by atoms with Crippen molar-refractivity contribution in [1.29, 1.82) is 0 Å². The lowest BCUT2D eigenvalue weighted by Crippen LogP contribution is -2.50. The van der Waals surface area contributed by atoms with Crippen molar-refractivity contribution in [3.63, 3.8) is 0 Å². The van der Waals surface area contributed by atoms with E-state index < -0.39 is 24.5 Å². The van der Waals surface area contributed by atoms with Gasteiger partial charge in [0.2, 0.25) is 11.8 Å². The summed E-state index contributed by atoms with van der Waals surface area (Å²) in [6.07, 6.45) is 2.87. The van der Waals surface area contributed by atoms with Gasteiger partial charge in [0.25, 0.3) is 5.91 Å². The van der Waals surface area contributed by atoms with E-state index in [1.165, 1.54) is 0 Å². The second-order valence-electron chi connectivity index (χ2n) is 9.24. The number of carbonyl (C=O) groups is 4. The minimum atomic E-state index is -1.02. The number of nitrogens with one attached hydrogen (secondary N) is 1. The molecule has 8 heteroatoms. The Morgan fingerprint density at radius 1 is 1.16 bits per heavy atom. The van der Waals surface area contributed by atoms with Crippen LogP contribution in [0.15, 0.2) is 18.2 Å². The van der Waals surface area contributed by atoms with Crippen LogP contribution in [-0.4, -0.2) is 41.2 Å². The van der Waals surface area contributed by atoms with E-state index >= 15 is 0 Å². The molecule has 7 nitrogen and oxygen atoms in total. The molecule has 0 spiro atoms. The molecule has 1 heterocycles. The molecule has 3 amide bonds. The minimum Gasteiger partial charge on any atom is -0.454 e. The van der Waals surface area contributed by atoms with Crippen molar-refractivity contribution in [2.75, 3.05) is 11.9 Å². The number of rotatable bonds is 6. The molecule has 3 fully saturated rings. The Morgan fingerprint density at radius 3 is 2.32 bits per heavy atom. The summed E-state index contributed by atoms with van der Waals surface area (Å²) < 4.78 is 5.22. The van der Waals surface area contributed by atoms with Gasteiger partial charge in [-0.1, -0.05) is 31.5 Å². The highest BCUT2D eigenvalue weighted by molar-refractivity contribution is 6.31. The molecular weight excluding hydrogens is 420 g/mol. The summed E-state index contributed by atoms with van der Waals surface area (Å²) in [6.45, 7) is 4.87. The third-order valence-corrected chi connectivity index (χ3v) is 7.32. The number of nitrogens with zero attached hydrogens (tertiary/aromatic N) is 1. The number of imide groups is 1. The largest absolute Gasteiger partial charge is 0.454 e. The average Bonchev–Trinajstić information content (AvgIpc) is 3.39. The number of esters is 1. The predicted octanol–water partition coefficient (Wildman–Crippen LogP) is 3.19. The highest BCUT2D eigenvalue weighted by Crippen LogP contribution is 2.56. The molecule has 1 aliphatic heterocycles. The molecule has 2 aliphatic carbocycles. The van der Waals surface area contributed by atoms with Crippen LogP contribution in [0.2, 0.25) is 5.02 Å². The van der Waals surface area contributed by atoms with Crippen molar-refractivity contribution in [3.05, 3.63) is 28.8 Å². The summed E-state index contributed by atoms with van der Waals surface area (Å²) in [7, 11) is 0. The molecule has 2 saturated carbocycles. The molecule has 0 unspecified atom stereocenters. The lowest BCUT2D eigenvalue weighted by Gasteiger charge is -2.28. The Balaban J connectivity index is 1.41. The summed E-state index contributed by atoms with van der Waals surface area (Å²) >= 11 is 6.06. The molecule has 166 valence electrons. The number of likely N-dealkylation sites (tertiary alicyclic amines) is 1. The van der Waals surface area contributed by atoms with Crippen molar-refractivity contribution in [2.45, 2.75) is 46.1 Å². The van der Waals surface area contributed by atoms with Gasteiger partial charge in [-0.2, -0.15) is 0 Å². The molecule has 0 radical (unpaired) electrons. The van der Waals surface area contributed by atoms with Crippen molar-refractivity contribution in [3.8, 4) is 0 Å². The smallest absolute Gasteiger partial charge is 0.330 e. The zero-order valence-corrected chi connectivity index (χ0v) is 18.6. The third kappa shape index (κ3) is 3.84. The van der Waals surface area contributed by atoms with Crippen LogP contribution < -0.4 is 5.32 Å². The highest BCUT2D eigenvalue weighted by Gasteiger charge is 2.62. The topological polar surface area (TPSA) is 92.8 Å². The van der Waals surface area contributed by atoms with E-state index in [2.05, 4.69) is 5.32 Å². The van der Waals surface area contributed by atoms with Crippen LogP contribution in [0, 0.1) is 36.5 Å². The normalized spacial score (nSPS) is 27.6. The zero-order valence-electron chi connectivity index (χ0n) is 17.9. The van der Waals surface area contributed by atoms with Gasteiger partial charge in [-0.05, 0) is 61.6 Å². The lowest BCUT2D eigenvalue weighted by atomic mass is 9.81. The van der Waals surface area contributed by atoms with E-state index in [1.807, 2.05) is 6.92 Å². The first-order valence-electron chi connectivity index (χ1n) is 10.8. The summed E-state index contributed by atoms with van der Waals surface area (Å²) in [5.74, 6) is -2.19. The van der Waals surface area contributed by atoms with Crippen LogP contribution in [0.3, 0.4) is 0 Å². The Kier molecular flexibility index (Phi) is 5.81. The molecular formula is C23H27ClN2O5. The van der Waals surface area contributed by atoms with Crippen LogP contribution in [0.4, 0.5) is 5.69 Å². The molecule has 5 atom stereocenters. The first-order valence-corrected chi connectivity index (χ1v) is 11.2. The summed E-state index contributed by atoms with van der Waals surface area (Å²) in [5, 5.41) is 3.14. The number of halogens is 1. The standard InChI is InChI=1S/C23H27ClN2O5/c1-11(2)20(26-21(28)18-13-5-6-14(8-13)19(18)22(26)29)23(30)31-10-17(27)25-15-7-4-12(3)16(24)9-15/h4,7,9,11,13-14,18-20H,5-6,8,10H2,1-3H3,(H,25,27)/t13-,14-,18+,19+,20-/m0/s1. The zero-order chi connectivity index (χ0) is 22.4. The van der Waals surface area contributed by atoms with Crippen molar-refractivity contribution in [1.82, 2.24) is 4.90 Å². The van der Waals surface area contributed by atoms with Crippen LogP contribution in [0.25, 0.3) is 0 Å². The minimum absolute atomic E-state index is 0.243. The first kappa shape index (κ1) is 21.8. The number of ether oxygens (including phenoxy) is 1. The van der Waals surface area contributed by atoms with Crippen molar-refractivity contribution < 1.29 is 23.9 Å². The monoisotopic (exact) mass is 446 g/mol. The van der Waals surface area contributed by atoms with Crippen molar-refractivity contribution >= 4 is 41.0 Å². The quantitative estimate of drug-likeness (QED) is 0.535. The fraction of sp³-hybridized carbons (Fsp3) is 0.565. The van der Waals surface area contributed by atoms with Gasteiger partial charge in [-0.3, -0.25) is 19.3 Å². The average molecular weight is 447 g/mol. The molecule has 2 bridgehead atoms. The van der Waals surface area contributed by atoms with Crippen LogP contribution in [0.1, 0.15) is 38.7 Å². The highest BCUT2D eigenvalue weighted by atomic mass is 35.5. The van der Waals surface area contributed by atoms with Crippen LogP contribution in [0.5, 0.6) is 0 Å². The van der Waals surface area contributed by atoms with E-state index in [0.29, 0.717) is 10.7 Å². The Bertz CT molecular complexity index is 918. The number of anilines is 1. The van der Waals surface area contributed by atoms with Crippen LogP contribution >= 0.6 is 11.6 Å². The fourth-order valence-electron chi connectivity index (χ4n) is 5.47. The van der Waals surface area contributed by atoms with Gasteiger partial charge in [0.15, 0.2) is 6.61 Å². The van der Waals surface area contributed by atoms with Gasteiger partial charge in [0.05, 0.1) is 11.8 Å². The Morgan fingerprint density at radius 2 is 1.77 bits per heavy atom. The molecule has 31 heavy (non-hydrogen) atoms. The molecule has 1 aromatic rings. The molecule has 1 N–H and O–H groups in total. The number of amides is 3. The predicted molar refractivity (Wildman–Crippen MR) is 114 cm³/mol. The van der Waals surface area contributed by atoms with Crippen LogP contribution in [-0.2, 0) is 23.9 Å². The van der Waals surface area contributed by atoms with E-state index in [0.717, 1.165) is 29.7 Å². The summed E-state index contributed by atoms with van der Waals surface area (Å²) in [4.78, 5) is 52.4. The second kappa shape index (κ2) is 8.26. The van der Waals surface area contributed by atoms with Gasteiger partial charge >= 0.3 is 5.97 Å². The van der Waals surface area contributed by atoms with E-state index in [-0.39, 0.29) is 41.4 Å². The van der Waals surface area contributed by atoms with E-state index in [1.54, 1.807) is 32.0 Å². The molecule has 1 aromatic carbocycles. The maximum absolute atomic E-state index is 13.1. The first-order chi connectivity index (χ1) is 14.7. The molecule has 3 aliphatic rings. The number of fused-ring (bicyclic) bond motifs is 5. The number of hydrogen-bond acceptors (Lipinski definition) is 5. The van der Waals surface area contributed by atoms with Gasteiger partial charge in [-0.15, -0.1) is 0 Å². The van der Waals surface area contributed by atoms with E-state index in [9.17, 15) is 19.2 Å². The van der Waals surface area contributed by atoms with Gasteiger partial charge in [-0.25, -0.2) is 4.79 Å². The van der Waals surface area contributed by atoms with Gasteiger partial charge in [0, 0.05) is 10.7 Å². The summed E-state index contributed by atoms with van der Waals surface area (Å²) in [6, 6.07) is 4.06. The number of hydrogen-bond donors (Lipinski definition) is 1. The maximum atomic E-state index is 13.1. The van der Waals surface area contributed by atoms with E-state index in [4.69, 9.17) is 16.3 Å². The second-order valence-corrected chi connectivity index (χ2v) is 9.65. The molecule has 0 aromatic heterocycles. The Hall–Kier alpha value is -2.41.